The zero-order valence-corrected chi connectivity index (χ0v) is 9.66. The van der Waals surface area contributed by atoms with Gasteiger partial charge in [0.25, 0.3) is 0 Å². The van der Waals surface area contributed by atoms with Crippen LogP contribution < -0.4 is 11.3 Å². The van der Waals surface area contributed by atoms with Crippen molar-refractivity contribution < 1.29 is 0 Å². The highest BCUT2D eigenvalue weighted by atomic mass is 35.6. The zero-order chi connectivity index (χ0) is 10.8. The molecule has 78 valence electrons. The van der Waals surface area contributed by atoms with Gasteiger partial charge in [-0.05, 0) is 6.42 Å². The molecule has 0 bridgehead atoms. The fourth-order valence-corrected chi connectivity index (χ4v) is 1.13. The Bertz CT molecular complexity index is 301. The van der Waals surface area contributed by atoms with Crippen molar-refractivity contribution in [1.82, 2.24) is 9.97 Å². The number of aryl methyl sites for hydroxylation is 1. The minimum atomic E-state index is -1.63. The van der Waals surface area contributed by atoms with E-state index in [0.29, 0.717) is 12.2 Å². The fourth-order valence-electron chi connectivity index (χ4n) is 0.879. The number of hydrogen-bond acceptors (Lipinski definition) is 4. The van der Waals surface area contributed by atoms with Crippen LogP contribution in [0.1, 0.15) is 18.4 Å². The van der Waals surface area contributed by atoms with Gasteiger partial charge in [0, 0.05) is 11.8 Å². The Morgan fingerprint density at radius 1 is 1.43 bits per heavy atom. The molecule has 0 spiro atoms. The first-order valence-corrected chi connectivity index (χ1v) is 5.02. The van der Waals surface area contributed by atoms with Gasteiger partial charge in [0.05, 0.1) is 0 Å². The average molecular weight is 256 g/mol. The highest BCUT2D eigenvalue weighted by Gasteiger charge is 2.27. The number of nitrogens with one attached hydrogen (secondary N) is 1. The summed E-state index contributed by atoms with van der Waals surface area (Å²) < 4.78 is -1.63. The number of aromatic nitrogens is 2. The molecule has 0 aliphatic carbocycles. The number of anilines is 1. The number of nitrogens with zero attached hydrogens (tertiary/aromatic N) is 2. The predicted molar refractivity (Wildman–Crippen MR) is 58.5 cm³/mol. The van der Waals surface area contributed by atoms with Gasteiger partial charge in [-0.25, -0.2) is 15.8 Å². The molecule has 1 rings (SSSR count). The van der Waals surface area contributed by atoms with Crippen LogP contribution in [-0.2, 0) is 10.2 Å². The summed E-state index contributed by atoms with van der Waals surface area (Å²) >= 11 is 17.0. The average Bonchev–Trinajstić information content (AvgIpc) is 2.15. The molecule has 0 saturated carbocycles. The van der Waals surface area contributed by atoms with E-state index < -0.39 is 3.79 Å². The van der Waals surface area contributed by atoms with E-state index in [9.17, 15) is 0 Å². The minimum Gasteiger partial charge on any atom is -0.308 e. The van der Waals surface area contributed by atoms with Crippen LogP contribution in [0, 0.1) is 0 Å². The van der Waals surface area contributed by atoms with Crippen LogP contribution in [0.15, 0.2) is 6.07 Å². The Hall–Kier alpha value is -0.290. The van der Waals surface area contributed by atoms with Crippen LogP contribution in [0.4, 0.5) is 5.82 Å². The van der Waals surface area contributed by atoms with Crippen molar-refractivity contribution in [3.8, 4) is 0 Å². The van der Waals surface area contributed by atoms with E-state index in [1.807, 2.05) is 6.92 Å². The predicted octanol–water partition coefficient (Wildman–Crippen LogP) is 2.15. The van der Waals surface area contributed by atoms with Crippen LogP contribution in [-0.4, -0.2) is 9.97 Å². The van der Waals surface area contributed by atoms with Crippen molar-refractivity contribution >= 4 is 40.6 Å². The van der Waals surface area contributed by atoms with E-state index in [1.165, 1.54) is 0 Å². The molecule has 1 aromatic rings. The molecule has 0 atom stereocenters. The molecule has 0 aliphatic rings. The summed E-state index contributed by atoms with van der Waals surface area (Å²) in [6.45, 7) is 1.94. The summed E-state index contributed by atoms with van der Waals surface area (Å²) in [5.74, 6) is 5.77. The number of nitrogen functional groups attached to an aromatic ring is 1. The maximum absolute atomic E-state index is 5.65. The molecular weight excluding hydrogens is 246 g/mol. The van der Waals surface area contributed by atoms with Crippen LogP contribution in [0.2, 0.25) is 0 Å². The summed E-state index contributed by atoms with van der Waals surface area (Å²) in [6, 6.07) is 1.69. The molecular formula is C7H9Cl3N4. The third-order valence-electron chi connectivity index (χ3n) is 1.54. The monoisotopic (exact) mass is 254 g/mol. The molecule has 7 heteroatoms. The molecule has 14 heavy (non-hydrogen) atoms. The lowest BCUT2D eigenvalue weighted by Crippen LogP contribution is -2.15. The van der Waals surface area contributed by atoms with Crippen molar-refractivity contribution in [2.45, 2.75) is 17.1 Å². The molecule has 0 radical (unpaired) electrons. The molecule has 0 aromatic carbocycles. The van der Waals surface area contributed by atoms with Gasteiger partial charge in [0.15, 0.2) is 5.82 Å². The van der Waals surface area contributed by atoms with E-state index in [0.717, 1.165) is 5.69 Å². The number of alkyl halides is 3. The maximum atomic E-state index is 5.65. The van der Waals surface area contributed by atoms with E-state index in [-0.39, 0.29) is 5.82 Å². The highest BCUT2D eigenvalue weighted by Crippen LogP contribution is 2.36. The van der Waals surface area contributed by atoms with Gasteiger partial charge >= 0.3 is 0 Å². The number of rotatable bonds is 2. The molecule has 0 unspecified atom stereocenters. The van der Waals surface area contributed by atoms with Gasteiger partial charge in [-0.1, -0.05) is 41.7 Å². The molecule has 1 aromatic heterocycles. The number of halogens is 3. The topological polar surface area (TPSA) is 63.8 Å². The molecule has 3 N–H and O–H groups in total. The Morgan fingerprint density at radius 2 is 2.07 bits per heavy atom. The van der Waals surface area contributed by atoms with Crippen LogP contribution in [0.25, 0.3) is 0 Å². The third-order valence-corrected chi connectivity index (χ3v) is 2.05. The summed E-state index contributed by atoms with van der Waals surface area (Å²) in [4.78, 5) is 8.00. The van der Waals surface area contributed by atoms with Gasteiger partial charge in [-0.15, -0.1) is 0 Å². The van der Waals surface area contributed by atoms with E-state index in [1.54, 1.807) is 6.07 Å². The van der Waals surface area contributed by atoms with Gasteiger partial charge < -0.3 is 5.43 Å². The lowest BCUT2D eigenvalue weighted by atomic mass is 10.3. The first kappa shape index (κ1) is 11.8. The van der Waals surface area contributed by atoms with Crippen molar-refractivity contribution in [2.75, 3.05) is 5.43 Å². The summed E-state index contributed by atoms with van der Waals surface area (Å²) in [7, 11) is 0. The second-order valence-corrected chi connectivity index (χ2v) is 4.85. The fraction of sp³-hybridized carbons (Fsp3) is 0.429. The molecule has 1 heterocycles. The van der Waals surface area contributed by atoms with Gasteiger partial charge in [-0.2, -0.15) is 0 Å². The van der Waals surface area contributed by atoms with Gasteiger partial charge in [0.2, 0.25) is 3.79 Å². The van der Waals surface area contributed by atoms with Crippen LogP contribution in [0.3, 0.4) is 0 Å². The second-order valence-electron chi connectivity index (χ2n) is 2.56. The highest BCUT2D eigenvalue weighted by molar-refractivity contribution is 6.66. The van der Waals surface area contributed by atoms with Crippen LogP contribution >= 0.6 is 34.8 Å². The molecule has 0 aliphatic heterocycles. The van der Waals surface area contributed by atoms with Crippen molar-refractivity contribution in [3.05, 3.63) is 17.6 Å². The normalized spacial score (nSPS) is 11.5. The largest absolute Gasteiger partial charge is 0.308 e. The lowest BCUT2D eigenvalue weighted by molar-refractivity contribution is 0.903. The Labute approximate surface area is 96.7 Å². The summed E-state index contributed by atoms with van der Waals surface area (Å²) in [6.07, 6.45) is 0.713. The lowest BCUT2D eigenvalue weighted by Gasteiger charge is -2.11. The van der Waals surface area contributed by atoms with Crippen molar-refractivity contribution in [1.29, 1.82) is 0 Å². The standard InChI is InChI=1S/C7H9Cl3N4/c1-2-4-3-5(14-11)13-6(12-4)7(8,9)10/h3H,2,11H2,1H3,(H,12,13,14). The Kier molecular flexibility index (Phi) is 3.78. The summed E-state index contributed by atoms with van der Waals surface area (Å²) in [5.41, 5.74) is 3.15. The Morgan fingerprint density at radius 3 is 2.50 bits per heavy atom. The molecule has 0 fully saturated rings. The second kappa shape index (κ2) is 4.49. The van der Waals surface area contributed by atoms with Gasteiger partial charge in [-0.3, -0.25) is 0 Å². The van der Waals surface area contributed by atoms with Crippen molar-refractivity contribution in [3.63, 3.8) is 0 Å². The first-order valence-electron chi connectivity index (χ1n) is 3.89. The molecule has 4 nitrogen and oxygen atoms in total. The SMILES string of the molecule is CCc1cc(NN)nc(C(Cl)(Cl)Cl)n1. The molecule has 0 saturated heterocycles. The number of hydrogen-bond donors (Lipinski definition) is 2. The van der Waals surface area contributed by atoms with Crippen molar-refractivity contribution in [2.24, 2.45) is 5.84 Å². The Balaban J connectivity index is 3.17. The molecule has 0 amide bonds. The number of hydrazine groups is 1. The number of nitrogens with two attached hydrogens (primary N) is 1. The smallest absolute Gasteiger partial charge is 0.250 e. The van der Waals surface area contributed by atoms with Crippen LogP contribution in [0.5, 0.6) is 0 Å². The first-order chi connectivity index (χ1) is 6.47. The zero-order valence-electron chi connectivity index (χ0n) is 7.39. The van der Waals surface area contributed by atoms with E-state index in [2.05, 4.69) is 15.4 Å². The van der Waals surface area contributed by atoms with Gasteiger partial charge in [0.1, 0.15) is 5.82 Å². The maximum Gasteiger partial charge on any atom is 0.250 e. The summed E-state index contributed by atoms with van der Waals surface area (Å²) in [5, 5.41) is 0. The van der Waals surface area contributed by atoms with E-state index in [4.69, 9.17) is 40.6 Å². The minimum absolute atomic E-state index is 0.120. The third kappa shape index (κ3) is 2.85. The van der Waals surface area contributed by atoms with E-state index >= 15 is 0 Å². The quantitative estimate of drug-likeness (QED) is 0.483.